The van der Waals surface area contributed by atoms with Crippen LogP contribution < -0.4 is 5.32 Å². The lowest BCUT2D eigenvalue weighted by atomic mass is 10.3. The Morgan fingerprint density at radius 2 is 1.96 bits per heavy atom. The summed E-state index contributed by atoms with van der Waals surface area (Å²) in [7, 11) is 0. The second-order valence-corrected chi connectivity index (χ2v) is 6.96. The zero-order valence-electron chi connectivity index (χ0n) is 12.5. The molecule has 1 N–H and O–H groups in total. The van der Waals surface area contributed by atoms with Gasteiger partial charge < -0.3 is 5.32 Å². The van der Waals surface area contributed by atoms with Gasteiger partial charge in [-0.3, -0.25) is 9.78 Å². The predicted molar refractivity (Wildman–Crippen MR) is 97.3 cm³/mol. The minimum Gasteiger partial charge on any atom is -0.302 e. The number of amides is 1. The Morgan fingerprint density at radius 1 is 1.08 bits per heavy atom. The largest absolute Gasteiger partial charge is 0.302 e. The van der Waals surface area contributed by atoms with Crippen LogP contribution in [0.25, 0.3) is 20.9 Å². The van der Waals surface area contributed by atoms with Gasteiger partial charge in [0.15, 0.2) is 5.13 Å². The van der Waals surface area contributed by atoms with Crippen molar-refractivity contribution in [2.45, 2.75) is 6.42 Å². The minimum atomic E-state index is -0.119. The lowest BCUT2D eigenvalue weighted by Crippen LogP contribution is -2.14. The molecule has 5 nitrogen and oxygen atoms in total. The fourth-order valence-electron chi connectivity index (χ4n) is 2.25. The van der Waals surface area contributed by atoms with Gasteiger partial charge in [0, 0.05) is 11.6 Å². The van der Waals surface area contributed by atoms with Crippen molar-refractivity contribution in [1.29, 1.82) is 0 Å². The topological polar surface area (TPSA) is 67.8 Å². The standard InChI is InChI=1S/C17H12N4OS2/c22-15(21-17-20-12-5-1-2-7-14(12)24-17)9-11-10-23-16(19-11)13-6-3-4-8-18-13/h1-8,10H,9H2,(H,20,21,22). The third-order valence-electron chi connectivity index (χ3n) is 3.32. The zero-order chi connectivity index (χ0) is 16.4. The van der Waals surface area contributed by atoms with Crippen LogP contribution in [-0.2, 0) is 11.2 Å². The number of carbonyl (C=O) groups excluding carboxylic acids is 1. The molecule has 1 amide bonds. The monoisotopic (exact) mass is 352 g/mol. The number of anilines is 1. The van der Waals surface area contributed by atoms with Crippen LogP contribution in [0.1, 0.15) is 5.69 Å². The molecule has 0 saturated carbocycles. The molecule has 4 rings (SSSR count). The number of pyridine rings is 1. The van der Waals surface area contributed by atoms with Gasteiger partial charge in [0.1, 0.15) is 5.01 Å². The van der Waals surface area contributed by atoms with Crippen molar-refractivity contribution >= 4 is 43.9 Å². The number of nitrogens with zero attached hydrogens (tertiary/aromatic N) is 3. The molecule has 0 spiro atoms. The Labute approximate surface area is 146 Å². The molecule has 0 fully saturated rings. The van der Waals surface area contributed by atoms with E-state index in [2.05, 4.69) is 20.3 Å². The van der Waals surface area contributed by atoms with Crippen molar-refractivity contribution in [3.63, 3.8) is 0 Å². The highest BCUT2D eigenvalue weighted by atomic mass is 32.1. The van der Waals surface area contributed by atoms with Gasteiger partial charge >= 0.3 is 0 Å². The van der Waals surface area contributed by atoms with Gasteiger partial charge in [-0.2, -0.15) is 0 Å². The van der Waals surface area contributed by atoms with Gasteiger partial charge in [-0.1, -0.05) is 29.5 Å². The van der Waals surface area contributed by atoms with Crippen LogP contribution in [0.4, 0.5) is 5.13 Å². The number of carbonyl (C=O) groups is 1. The van der Waals surface area contributed by atoms with Crippen molar-refractivity contribution in [2.24, 2.45) is 0 Å². The first kappa shape index (κ1) is 14.9. The summed E-state index contributed by atoms with van der Waals surface area (Å²) in [6.07, 6.45) is 1.95. The Hall–Kier alpha value is -2.64. The number of hydrogen-bond donors (Lipinski definition) is 1. The number of para-hydroxylation sites is 1. The summed E-state index contributed by atoms with van der Waals surface area (Å²) >= 11 is 2.96. The molecular formula is C17H12N4OS2. The summed E-state index contributed by atoms with van der Waals surface area (Å²) in [5, 5.41) is 6.17. The molecule has 0 bridgehead atoms. The lowest BCUT2D eigenvalue weighted by molar-refractivity contribution is -0.115. The van der Waals surface area contributed by atoms with Crippen molar-refractivity contribution in [3.8, 4) is 10.7 Å². The normalized spacial score (nSPS) is 10.8. The second kappa shape index (κ2) is 6.46. The van der Waals surface area contributed by atoms with Crippen LogP contribution in [0.3, 0.4) is 0 Å². The first-order valence-corrected chi connectivity index (χ1v) is 8.99. The number of hydrogen-bond acceptors (Lipinski definition) is 6. The molecule has 7 heteroatoms. The molecule has 24 heavy (non-hydrogen) atoms. The Morgan fingerprint density at radius 3 is 2.79 bits per heavy atom. The Bertz CT molecular complexity index is 961. The van der Waals surface area contributed by atoms with E-state index in [1.165, 1.54) is 22.7 Å². The number of aromatic nitrogens is 3. The fourth-order valence-corrected chi connectivity index (χ4v) is 3.93. The molecule has 4 aromatic rings. The minimum absolute atomic E-state index is 0.119. The van der Waals surface area contributed by atoms with E-state index in [-0.39, 0.29) is 12.3 Å². The van der Waals surface area contributed by atoms with Crippen molar-refractivity contribution < 1.29 is 4.79 Å². The van der Waals surface area contributed by atoms with E-state index in [4.69, 9.17) is 0 Å². The van der Waals surface area contributed by atoms with Crippen molar-refractivity contribution in [3.05, 3.63) is 59.7 Å². The summed E-state index contributed by atoms with van der Waals surface area (Å²) in [5.74, 6) is -0.119. The Kier molecular flexibility index (Phi) is 4.02. The van der Waals surface area contributed by atoms with Gasteiger partial charge in [-0.05, 0) is 24.3 Å². The first-order chi connectivity index (χ1) is 11.8. The third-order valence-corrected chi connectivity index (χ3v) is 5.18. The zero-order valence-corrected chi connectivity index (χ0v) is 14.1. The molecule has 1 aromatic carbocycles. The summed E-state index contributed by atoms with van der Waals surface area (Å²) in [4.78, 5) is 25.4. The van der Waals surface area contributed by atoms with Gasteiger partial charge in [0.05, 0.1) is 28.0 Å². The van der Waals surface area contributed by atoms with Crippen LogP contribution >= 0.6 is 22.7 Å². The maximum Gasteiger partial charge on any atom is 0.232 e. The number of nitrogens with one attached hydrogen (secondary N) is 1. The average molecular weight is 352 g/mol. The molecule has 0 aliphatic carbocycles. The van der Waals surface area contributed by atoms with E-state index >= 15 is 0 Å². The SMILES string of the molecule is O=C(Cc1csc(-c2ccccn2)n1)Nc1nc2ccccc2s1. The van der Waals surface area contributed by atoms with Crippen LogP contribution in [0.2, 0.25) is 0 Å². The van der Waals surface area contributed by atoms with E-state index in [0.717, 1.165) is 26.6 Å². The molecule has 0 saturated heterocycles. The maximum absolute atomic E-state index is 12.2. The summed E-state index contributed by atoms with van der Waals surface area (Å²) in [6, 6.07) is 13.5. The number of fused-ring (bicyclic) bond motifs is 1. The highest BCUT2D eigenvalue weighted by Gasteiger charge is 2.11. The molecule has 3 heterocycles. The van der Waals surface area contributed by atoms with Crippen molar-refractivity contribution in [2.75, 3.05) is 5.32 Å². The smallest absolute Gasteiger partial charge is 0.232 e. The average Bonchev–Trinajstić information content (AvgIpc) is 3.21. The van der Waals surface area contributed by atoms with Crippen molar-refractivity contribution in [1.82, 2.24) is 15.0 Å². The first-order valence-electron chi connectivity index (χ1n) is 7.29. The van der Waals surface area contributed by atoms with Gasteiger partial charge in [-0.25, -0.2) is 9.97 Å². The molecule has 0 radical (unpaired) electrons. The van der Waals surface area contributed by atoms with Gasteiger partial charge in [0.25, 0.3) is 0 Å². The maximum atomic E-state index is 12.2. The molecule has 0 aliphatic heterocycles. The predicted octanol–water partition coefficient (Wildman–Crippen LogP) is 4.00. The summed E-state index contributed by atoms with van der Waals surface area (Å²) in [6.45, 7) is 0. The second-order valence-electron chi connectivity index (χ2n) is 5.07. The molecule has 0 atom stereocenters. The van der Waals surface area contributed by atoms with Gasteiger partial charge in [0.2, 0.25) is 5.91 Å². The van der Waals surface area contributed by atoms with Crippen LogP contribution in [0.5, 0.6) is 0 Å². The lowest BCUT2D eigenvalue weighted by Gasteiger charge is -1.98. The van der Waals surface area contributed by atoms with Crippen LogP contribution in [0.15, 0.2) is 54.0 Å². The Balaban J connectivity index is 1.45. The molecule has 118 valence electrons. The number of benzene rings is 1. The van der Waals surface area contributed by atoms with E-state index in [1.54, 1.807) is 6.20 Å². The molecule has 0 aliphatic rings. The quantitative estimate of drug-likeness (QED) is 0.603. The third kappa shape index (κ3) is 3.17. The highest BCUT2D eigenvalue weighted by Crippen LogP contribution is 2.26. The van der Waals surface area contributed by atoms with E-state index in [0.29, 0.717) is 5.13 Å². The molecule has 0 unspecified atom stereocenters. The molecular weight excluding hydrogens is 340 g/mol. The van der Waals surface area contributed by atoms with E-state index in [9.17, 15) is 4.79 Å². The fraction of sp³-hybridized carbons (Fsp3) is 0.0588. The summed E-state index contributed by atoms with van der Waals surface area (Å²) < 4.78 is 1.05. The van der Waals surface area contributed by atoms with E-state index < -0.39 is 0 Å². The summed E-state index contributed by atoms with van der Waals surface area (Å²) in [5.41, 5.74) is 2.45. The van der Waals surface area contributed by atoms with Gasteiger partial charge in [-0.15, -0.1) is 11.3 Å². The number of thiazole rings is 2. The molecule has 3 aromatic heterocycles. The number of rotatable bonds is 4. The van der Waals surface area contributed by atoms with E-state index in [1.807, 2.05) is 47.8 Å². The van der Waals surface area contributed by atoms with Crippen LogP contribution in [-0.4, -0.2) is 20.9 Å². The van der Waals surface area contributed by atoms with Crippen LogP contribution in [0, 0.1) is 0 Å². The highest BCUT2D eigenvalue weighted by molar-refractivity contribution is 7.22.